The molecule has 5 aromatic rings. The monoisotopic (exact) mass is 573 g/mol. The van der Waals surface area contributed by atoms with Gasteiger partial charge in [-0.15, -0.1) is 0 Å². The fourth-order valence-electron chi connectivity index (χ4n) is 6.46. The molecule has 216 valence electrons. The van der Waals surface area contributed by atoms with Crippen LogP contribution < -0.4 is 0 Å². The molecule has 5 heteroatoms. The molecular formula is C39H35N5. The Morgan fingerprint density at radius 2 is 0.977 bits per heavy atom. The van der Waals surface area contributed by atoms with E-state index in [1.54, 1.807) is 0 Å². The maximum atomic E-state index is 10.4. The van der Waals surface area contributed by atoms with Crippen LogP contribution in [0, 0.1) is 39.0 Å². The van der Waals surface area contributed by atoms with E-state index in [9.17, 15) is 5.26 Å². The lowest BCUT2D eigenvalue weighted by Gasteiger charge is -2.12. The number of aryl methyl sites for hydroxylation is 4. The topological polar surface area (TPSA) is 81.2 Å². The number of aromatic nitrogens is 4. The maximum absolute atomic E-state index is 10.4. The number of benzene rings is 2. The smallest absolute Gasteiger partial charge is 0.0998 e. The number of fused-ring (bicyclic) bond motifs is 9. The number of rotatable bonds is 1. The van der Waals surface area contributed by atoms with Crippen molar-refractivity contribution in [2.24, 2.45) is 0 Å². The Labute approximate surface area is 257 Å². The van der Waals surface area contributed by atoms with Crippen molar-refractivity contribution < 1.29 is 0 Å². The van der Waals surface area contributed by atoms with E-state index in [0.29, 0.717) is 5.56 Å². The molecule has 7 rings (SSSR count). The summed E-state index contributed by atoms with van der Waals surface area (Å²) in [5.41, 5.74) is 19.4. The number of nitrogens with zero attached hydrogens (tertiary/aromatic N) is 3. The van der Waals surface area contributed by atoms with E-state index < -0.39 is 0 Å². The molecule has 0 saturated heterocycles. The van der Waals surface area contributed by atoms with Gasteiger partial charge in [-0.2, -0.15) is 5.26 Å². The van der Waals surface area contributed by atoms with Crippen molar-refractivity contribution in [2.45, 2.75) is 55.4 Å². The van der Waals surface area contributed by atoms with E-state index in [-0.39, 0.29) is 0 Å². The predicted octanol–water partition coefficient (Wildman–Crippen LogP) is 10.1. The van der Waals surface area contributed by atoms with Gasteiger partial charge in [-0.25, -0.2) is 9.97 Å². The summed E-state index contributed by atoms with van der Waals surface area (Å²) in [6, 6.07) is 21.3. The molecule has 0 spiro atoms. The summed E-state index contributed by atoms with van der Waals surface area (Å²) < 4.78 is 0. The molecule has 0 radical (unpaired) electrons. The van der Waals surface area contributed by atoms with Gasteiger partial charge in [0.2, 0.25) is 0 Å². The number of hydrogen-bond acceptors (Lipinski definition) is 3. The van der Waals surface area contributed by atoms with Crippen LogP contribution in [0.4, 0.5) is 0 Å². The van der Waals surface area contributed by atoms with Crippen LogP contribution in [0.15, 0.2) is 54.6 Å². The van der Waals surface area contributed by atoms with Gasteiger partial charge in [-0.3, -0.25) is 0 Å². The largest absolute Gasteiger partial charge is 0.355 e. The number of aromatic amines is 2. The third-order valence-electron chi connectivity index (χ3n) is 9.95. The van der Waals surface area contributed by atoms with E-state index in [2.05, 4.69) is 108 Å². The molecule has 0 saturated carbocycles. The summed E-state index contributed by atoms with van der Waals surface area (Å²) in [6.07, 6.45) is 0. The molecule has 44 heavy (non-hydrogen) atoms. The molecule has 3 aromatic heterocycles. The van der Waals surface area contributed by atoms with Crippen LogP contribution in [-0.2, 0) is 0 Å². The predicted molar refractivity (Wildman–Crippen MR) is 184 cm³/mol. The first kappa shape index (κ1) is 27.6. The van der Waals surface area contributed by atoms with Gasteiger partial charge in [-0.05, 0) is 141 Å². The Kier molecular flexibility index (Phi) is 6.23. The summed E-state index contributed by atoms with van der Waals surface area (Å²) in [6.45, 7) is 17.2. The van der Waals surface area contributed by atoms with Crippen LogP contribution in [0.5, 0.6) is 0 Å². The number of allylic oxidation sites excluding steroid dienone is 4. The van der Waals surface area contributed by atoms with Crippen molar-refractivity contribution in [1.82, 2.24) is 19.9 Å². The summed E-state index contributed by atoms with van der Waals surface area (Å²) in [4.78, 5) is 18.0. The average molecular weight is 574 g/mol. The maximum Gasteiger partial charge on any atom is 0.0998 e. The number of H-pyrrole nitrogens is 2. The van der Waals surface area contributed by atoms with Gasteiger partial charge < -0.3 is 9.97 Å². The SMILES string of the molecule is CC1=C(C)c2nc1cc1[nH]c(cc3[nH]c(cc4nc(c2-c2cc5ccccc5cc2C#N)C(C)=C4C)c(C)c3C)c(C)c1C. The zero-order valence-electron chi connectivity index (χ0n) is 26.5. The van der Waals surface area contributed by atoms with Gasteiger partial charge >= 0.3 is 0 Å². The number of nitriles is 1. The molecular weight excluding hydrogens is 538 g/mol. The van der Waals surface area contributed by atoms with Gasteiger partial charge in [-0.1, -0.05) is 24.3 Å². The van der Waals surface area contributed by atoms with Crippen LogP contribution in [-0.4, -0.2) is 19.9 Å². The van der Waals surface area contributed by atoms with Gasteiger partial charge in [0.15, 0.2) is 0 Å². The van der Waals surface area contributed by atoms with Crippen LogP contribution >= 0.6 is 0 Å². The van der Waals surface area contributed by atoms with E-state index in [4.69, 9.17) is 9.97 Å². The highest BCUT2D eigenvalue weighted by Crippen LogP contribution is 2.43. The van der Waals surface area contributed by atoms with E-state index in [1.807, 2.05) is 18.2 Å². The molecule has 0 aliphatic carbocycles. The fraction of sp³-hybridized carbons (Fsp3) is 0.205. The second-order valence-electron chi connectivity index (χ2n) is 12.3. The lowest BCUT2D eigenvalue weighted by Crippen LogP contribution is -1.96. The molecule has 0 unspecified atom stereocenters. The van der Waals surface area contributed by atoms with Crippen molar-refractivity contribution in [3.8, 4) is 17.2 Å². The first-order valence-corrected chi connectivity index (χ1v) is 15.1. The lowest BCUT2D eigenvalue weighted by atomic mass is 9.90. The lowest BCUT2D eigenvalue weighted by molar-refractivity contribution is 1.25. The molecule has 0 amide bonds. The second kappa shape index (κ2) is 9.92. The summed E-state index contributed by atoms with van der Waals surface area (Å²) in [5, 5.41) is 12.6. The third-order valence-corrected chi connectivity index (χ3v) is 9.95. The molecule has 0 fully saturated rings. The normalized spacial score (nSPS) is 13.2. The molecule has 2 aliphatic heterocycles. The highest BCUT2D eigenvalue weighted by atomic mass is 14.8. The Bertz CT molecular complexity index is 2250. The average Bonchev–Trinajstić information content (AvgIpc) is 3.65. The second-order valence-corrected chi connectivity index (χ2v) is 12.3. The Morgan fingerprint density at radius 1 is 0.545 bits per heavy atom. The molecule has 2 aliphatic rings. The minimum Gasteiger partial charge on any atom is -0.355 e. The van der Waals surface area contributed by atoms with Crippen molar-refractivity contribution in [1.29, 1.82) is 5.26 Å². The number of nitrogens with one attached hydrogen (secondary N) is 2. The van der Waals surface area contributed by atoms with Gasteiger partial charge in [0, 0.05) is 33.2 Å². The third kappa shape index (κ3) is 4.06. The first-order valence-electron chi connectivity index (χ1n) is 15.1. The Hall–Kier alpha value is -5.21. The van der Waals surface area contributed by atoms with Crippen molar-refractivity contribution >= 4 is 55.1 Å². The Morgan fingerprint density at radius 3 is 1.43 bits per heavy atom. The highest BCUT2D eigenvalue weighted by molar-refractivity contribution is 6.03. The Balaban J connectivity index is 1.73. The molecule has 0 atom stereocenters. The van der Waals surface area contributed by atoms with E-state index >= 15 is 0 Å². The van der Waals surface area contributed by atoms with Gasteiger partial charge in [0.1, 0.15) is 0 Å². The molecule has 2 aromatic carbocycles. The standard InChI is InChI=1S/C39H35N5/c1-19-21(3)33-16-35-23(5)25(7)38(43-35)37(30-14-28-12-10-9-11-27(28)13-29(30)18-40)39-26(8)24(6)36(44-39)17-34-22(4)20(2)32(42-34)15-31(19)41-33/h9-17,41-42H,1-8H3. The summed E-state index contributed by atoms with van der Waals surface area (Å²) in [5.74, 6) is 0. The zero-order valence-corrected chi connectivity index (χ0v) is 26.5. The zero-order chi connectivity index (χ0) is 31.0. The minimum absolute atomic E-state index is 0.612. The highest BCUT2D eigenvalue weighted by Gasteiger charge is 2.26. The van der Waals surface area contributed by atoms with Crippen molar-refractivity contribution in [3.05, 3.63) is 105 Å². The van der Waals surface area contributed by atoms with Gasteiger partial charge in [0.05, 0.1) is 34.4 Å². The molecule has 5 heterocycles. The van der Waals surface area contributed by atoms with Gasteiger partial charge in [0.25, 0.3) is 0 Å². The van der Waals surface area contributed by atoms with Crippen LogP contribution in [0.2, 0.25) is 0 Å². The van der Waals surface area contributed by atoms with Crippen LogP contribution in [0.3, 0.4) is 0 Å². The minimum atomic E-state index is 0.612. The molecule has 8 bridgehead atoms. The van der Waals surface area contributed by atoms with Crippen LogP contribution in [0.1, 0.15) is 78.3 Å². The first-order chi connectivity index (χ1) is 21.1. The number of hydrogen-bond donors (Lipinski definition) is 2. The quantitative estimate of drug-likeness (QED) is 0.209. The van der Waals surface area contributed by atoms with Crippen molar-refractivity contribution in [3.63, 3.8) is 0 Å². The summed E-state index contributed by atoms with van der Waals surface area (Å²) >= 11 is 0. The van der Waals surface area contributed by atoms with E-state index in [0.717, 1.165) is 89.0 Å². The molecule has 5 nitrogen and oxygen atoms in total. The fourth-order valence-corrected chi connectivity index (χ4v) is 6.46. The van der Waals surface area contributed by atoms with E-state index in [1.165, 1.54) is 22.3 Å². The van der Waals surface area contributed by atoms with Crippen LogP contribution in [0.25, 0.3) is 66.3 Å². The molecule has 2 N–H and O–H groups in total. The summed E-state index contributed by atoms with van der Waals surface area (Å²) in [7, 11) is 0. The van der Waals surface area contributed by atoms with Crippen molar-refractivity contribution in [2.75, 3.05) is 0 Å².